The Bertz CT molecular complexity index is 1710. The lowest BCUT2D eigenvalue weighted by Gasteiger charge is -2.10. The molecule has 3 aromatic carbocycles. The summed E-state index contributed by atoms with van der Waals surface area (Å²) in [6.07, 6.45) is 2.88. The highest BCUT2D eigenvalue weighted by Crippen LogP contribution is 2.28. The van der Waals surface area contributed by atoms with E-state index in [0.717, 1.165) is 28.4 Å². The maximum absolute atomic E-state index is 14.1. The molecule has 0 aliphatic carbocycles. The first kappa shape index (κ1) is 27.3. The quantitative estimate of drug-likeness (QED) is 0.202. The number of hydrogen-bond acceptors (Lipinski definition) is 7. The van der Waals surface area contributed by atoms with E-state index in [0.29, 0.717) is 15.7 Å². The van der Waals surface area contributed by atoms with Crippen molar-refractivity contribution in [2.45, 2.75) is 11.8 Å². The van der Waals surface area contributed by atoms with E-state index in [1.807, 2.05) is 32.2 Å². The van der Waals surface area contributed by atoms with Crippen LogP contribution in [0.1, 0.15) is 5.56 Å². The second-order valence-corrected chi connectivity index (χ2v) is 10.3. The minimum atomic E-state index is -4.02. The Balaban J connectivity index is 0.000000257. The molecule has 2 aromatic heterocycles. The minimum Gasteiger partial charge on any atom is -0.338 e. The highest BCUT2D eigenvalue weighted by atomic mass is 35.5. The summed E-state index contributed by atoms with van der Waals surface area (Å²) in [6, 6.07) is 16.6. The molecule has 0 spiro atoms. The van der Waals surface area contributed by atoms with Gasteiger partial charge in [0, 0.05) is 23.8 Å². The average molecular weight is 575 g/mol. The molecule has 0 fully saturated rings. The van der Waals surface area contributed by atoms with Gasteiger partial charge in [-0.3, -0.25) is 9.23 Å². The molecule has 13 heteroatoms. The van der Waals surface area contributed by atoms with Gasteiger partial charge in [-0.1, -0.05) is 40.9 Å². The number of aryl methyl sites for hydroxylation is 2. The number of benzene rings is 3. The van der Waals surface area contributed by atoms with Gasteiger partial charge in [0.25, 0.3) is 10.1 Å². The Morgan fingerprint density at radius 2 is 1.61 bits per heavy atom. The number of anilines is 4. The summed E-state index contributed by atoms with van der Waals surface area (Å²) < 4.78 is 45.4. The van der Waals surface area contributed by atoms with Crippen LogP contribution >= 0.6 is 23.2 Å². The fourth-order valence-corrected chi connectivity index (χ4v) is 4.06. The zero-order chi connectivity index (χ0) is 27.4. The minimum absolute atomic E-state index is 0.0208. The normalized spacial score (nSPS) is 11.1. The van der Waals surface area contributed by atoms with Crippen molar-refractivity contribution in [2.75, 3.05) is 10.6 Å². The van der Waals surface area contributed by atoms with Crippen molar-refractivity contribution in [3.8, 4) is 0 Å². The van der Waals surface area contributed by atoms with Crippen molar-refractivity contribution in [1.82, 2.24) is 19.7 Å². The monoisotopic (exact) mass is 574 g/mol. The lowest BCUT2D eigenvalue weighted by atomic mass is 10.2. The van der Waals surface area contributed by atoms with E-state index in [4.69, 9.17) is 27.8 Å². The maximum atomic E-state index is 14.1. The second-order valence-electron chi connectivity index (χ2n) is 8.10. The first-order valence-electron chi connectivity index (χ1n) is 11.0. The van der Waals surface area contributed by atoms with Crippen LogP contribution in [0.5, 0.6) is 0 Å². The van der Waals surface area contributed by atoms with Gasteiger partial charge in [0.1, 0.15) is 0 Å². The van der Waals surface area contributed by atoms with Crippen molar-refractivity contribution in [2.24, 2.45) is 7.05 Å². The Morgan fingerprint density at radius 1 is 0.921 bits per heavy atom. The Labute approximate surface area is 228 Å². The Morgan fingerprint density at radius 3 is 2.29 bits per heavy atom. The summed E-state index contributed by atoms with van der Waals surface area (Å²) in [4.78, 5) is 8.12. The molecule has 0 atom stereocenters. The van der Waals surface area contributed by atoms with E-state index in [1.54, 1.807) is 41.2 Å². The third-order valence-electron chi connectivity index (χ3n) is 5.25. The molecule has 0 saturated heterocycles. The second kappa shape index (κ2) is 11.3. The molecule has 0 aliphatic heterocycles. The third-order valence-corrected chi connectivity index (χ3v) is 6.86. The van der Waals surface area contributed by atoms with E-state index in [1.165, 1.54) is 12.1 Å². The number of rotatable bonds is 5. The number of nitrogens with one attached hydrogen (secondary N) is 2. The van der Waals surface area contributed by atoms with Gasteiger partial charge < -0.3 is 10.6 Å². The van der Waals surface area contributed by atoms with Crippen molar-refractivity contribution in [1.29, 1.82) is 0 Å². The van der Waals surface area contributed by atoms with Crippen molar-refractivity contribution in [3.63, 3.8) is 0 Å². The first-order valence-corrected chi connectivity index (χ1v) is 13.2. The number of halogens is 3. The number of fused-ring (bicyclic) bond motifs is 1. The van der Waals surface area contributed by atoms with Gasteiger partial charge >= 0.3 is 0 Å². The lowest BCUT2D eigenvalue weighted by molar-refractivity contribution is 0.483. The number of hydrogen-bond donors (Lipinski definition) is 3. The van der Waals surface area contributed by atoms with Crippen molar-refractivity contribution < 1.29 is 17.4 Å². The van der Waals surface area contributed by atoms with Gasteiger partial charge in [0.05, 0.1) is 32.9 Å². The molecule has 38 heavy (non-hydrogen) atoms. The van der Waals surface area contributed by atoms with Crippen molar-refractivity contribution >= 4 is 67.4 Å². The van der Waals surface area contributed by atoms with Gasteiger partial charge in [0.2, 0.25) is 5.95 Å². The van der Waals surface area contributed by atoms with Crippen LogP contribution in [0.3, 0.4) is 0 Å². The lowest BCUT2D eigenvalue weighted by Crippen LogP contribution is -2.03. The molecule has 9 nitrogen and oxygen atoms in total. The molecular weight excluding hydrogens is 554 g/mol. The number of nitrogens with zero attached hydrogens (tertiary/aromatic N) is 4. The van der Waals surface area contributed by atoms with Crippen LogP contribution in [0.2, 0.25) is 10.0 Å². The zero-order valence-corrected chi connectivity index (χ0v) is 22.4. The molecule has 3 N–H and O–H groups in total. The van der Waals surface area contributed by atoms with E-state index < -0.39 is 15.9 Å². The predicted octanol–water partition coefficient (Wildman–Crippen LogP) is 6.54. The standard InChI is InChI=1S/C18H13Cl2FN6.C7H8O3S/c1-27-16-7-12(3-2-10(16)8-23-27)25-18-22-9-15(21)17(26-18)24-11-4-5-13(19)14(20)6-11;1-6-2-4-7(5-3-6)11(8,9)10/h2-9H,1H3,(H2,22,24,25,26);2-5H,1H3,(H,8,9,10). The van der Waals surface area contributed by atoms with E-state index >= 15 is 0 Å². The van der Waals surface area contributed by atoms with Crippen LogP contribution in [0, 0.1) is 12.7 Å². The van der Waals surface area contributed by atoms with Crippen molar-refractivity contribution in [3.05, 3.63) is 94.5 Å². The summed E-state index contributed by atoms with van der Waals surface area (Å²) >= 11 is 11.9. The summed E-state index contributed by atoms with van der Waals surface area (Å²) in [5.41, 5.74) is 3.23. The topological polar surface area (TPSA) is 122 Å². The Hall–Kier alpha value is -3.77. The molecule has 0 aliphatic rings. The summed E-state index contributed by atoms with van der Waals surface area (Å²) in [6.45, 7) is 1.84. The molecule has 0 amide bonds. The van der Waals surface area contributed by atoms with Crippen LogP contribution < -0.4 is 10.6 Å². The van der Waals surface area contributed by atoms with Crippen LogP contribution in [0.15, 0.2) is 78.0 Å². The van der Waals surface area contributed by atoms with Gasteiger partial charge in [0.15, 0.2) is 11.6 Å². The van der Waals surface area contributed by atoms with Gasteiger partial charge in [-0.25, -0.2) is 9.37 Å². The molecule has 0 saturated carbocycles. The summed E-state index contributed by atoms with van der Waals surface area (Å²) in [5.74, 6) is -0.318. The van der Waals surface area contributed by atoms with E-state index in [9.17, 15) is 12.8 Å². The predicted molar refractivity (Wildman–Crippen MR) is 147 cm³/mol. The highest BCUT2D eigenvalue weighted by Gasteiger charge is 2.10. The molecule has 5 aromatic rings. The van der Waals surface area contributed by atoms with Crippen LogP contribution in [-0.4, -0.2) is 32.7 Å². The van der Waals surface area contributed by atoms with E-state index in [2.05, 4.69) is 25.7 Å². The van der Waals surface area contributed by atoms with Crippen LogP contribution in [0.4, 0.5) is 27.5 Å². The van der Waals surface area contributed by atoms with Crippen LogP contribution in [-0.2, 0) is 17.2 Å². The average Bonchev–Trinajstić information content (AvgIpc) is 3.24. The zero-order valence-electron chi connectivity index (χ0n) is 20.0. The molecule has 0 radical (unpaired) electrons. The van der Waals surface area contributed by atoms with Gasteiger partial charge in [-0.15, -0.1) is 0 Å². The van der Waals surface area contributed by atoms with Gasteiger partial charge in [-0.2, -0.15) is 18.5 Å². The fourth-order valence-electron chi connectivity index (χ4n) is 3.29. The SMILES string of the molecule is Cc1ccc(S(=O)(=O)O)cc1.Cn1ncc2ccc(Nc3ncc(F)c(Nc4ccc(Cl)c(Cl)c4)n3)cc21. The summed E-state index contributed by atoms with van der Waals surface area (Å²) in [7, 11) is -2.16. The molecule has 0 unspecified atom stereocenters. The summed E-state index contributed by atoms with van der Waals surface area (Å²) in [5, 5.41) is 11.9. The first-order chi connectivity index (χ1) is 18.0. The largest absolute Gasteiger partial charge is 0.338 e. The molecule has 5 rings (SSSR count). The third kappa shape index (κ3) is 6.75. The van der Waals surface area contributed by atoms with Crippen LogP contribution in [0.25, 0.3) is 10.9 Å². The molecule has 196 valence electrons. The Kier molecular flexibility index (Phi) is 8.12. The van der Waals surface area contributed by atoms with Gasteiger partial charge in [-0.05, 0) is 55.5 Å². The molecular formula is C25H21Cl2FN6O3S. The highest BCUT2D eigenvalue weighted by molar-refractivity contribution is 7.85. The van der Waals surface area contributed by atoms with E-state index in [-0.39, 0.29) is 16.7 Å². The smallest absolute Gasteiger partial charge is 0.294 e. The molecule has 2 heterocycles. The fraction of sp³-hybridized carbons (Fsp3) is 0.0800. The maximum Gasteiger partial charge on any atom is 0.294 e. The molecule has 0 bridgehead atoms. The number of aromatic nitrogens is 4.